The van der Waals surface area contributed by atoms with Gasteiger partial charge < -0.3 is 15.0 Å². The summed E-state index contributed by atoms with van der Waals surface area (Å²) in [5, 5.41) is 3.56. The molecule has 2 rings (SSSR count). The fraction of sp³-hybridized carbons (Fsp3) is 0.667. The van der Waals surface area contributed by atoms with Crippen LogP contribution < -0.4 is 5.32 Å². The second-order valence-corrected chi connectivity index (χ2v) is 7.01. The second kappa shape index (κ2) is 7.77. The molecule has 5 heteroatoms. The van der Waals surface area contributed by atoms with Crippen LogP contribution in [0.4, 0.5) is 4.79 Å². The third kappa shape index (κ3) is 5.20. The smallest absolute Gasteiger partial charge is 0.410 e. The van der Waals surface area contributed by atoms with Crippen molar-refractivity contribution in [1.29, 1.82) is 0 Å². The number of aromatic nitrogens is 1. The van der Waals surface area contributed by atoms with Gasteiger partial charge in [0.2, 0.25) is 0 Å². The van der Waals surface area contributed by atoms with Gasteiger partial charge in [-0.25, -0.2) is 4.79 Å². The molecule has 1 aromatic heterocycles. The van der Waals surface area contributed by atoms with Crippen LogP contribution in [0.15, 0.2) is 18.3 Å². The molecule has 1 aromatic rings. The summed E-state index contributed by atoms with van der Waals surface area (Å²) in [5.74, 6) is 0. The molecule has 1 aliphatic carbocycles. The number of hydrogen-bond donors (Lipinski definition) is 1. The Kier molecular flexibility index (Phi) is 5.99. The minimum absolute atomic E-state index is 0.229. The average Bonchev–Trinajstić information content (AvgIpc) is 2.89. The summed E-state index contributed by atoms with van der Waals surface area (Å²) in [6.45, 7) is 9.91. The Balaban J connectivity index is 1.73. The van der Waals surface area contributed by atoms with Crippen molar-refractivity contribution in [1.82, 2.24) is 15.2 Å². The lowest BCUT2D eigenvalue weighted by atomic mass is 10.2. The van der Waals surface area contributed by atoms with Gasteiger partial charge >= 0.3 is 6.09 Å². The van der Waals surface area contributed by atoms with E-state index < -0.39 is 5.60 Å². The van der Waals surface area contributed by atoms with E-state index in [0.29, 0.717) is 19.1 Å². The molecule has 0 aliphatic heterocycles. The van der Waals surface area contributed by atoms with E-state index in [1.807, 2.05) is 40.0 Å². The number of ether oxygens (including phenoxy) is 1. The van der Waals surface area contributed by atoms with Gasteiger partial charge in [0.15, 0.2) is 0 Å². The van der Waals surface area contributed by atoms with Gasteiger partial charge in [-0.15, -0.1) is 0 Å². The molecule has 1 atom stereocenters. The number of carbonyl (C=O) groups is 1. The van der Waals surface area contributed by atoms with E-state index >= 15 is 0 Å². The van der Waals surface area contributed by atoms with E-state index in [1.54, 1.807) is 4.90 Å². The molecular formula is C18H29N3O2. The molecule has 0 spiro atoms. The zero-order valence-corrected chi connectivity index (χ0v) is 14.8. The van der Waals surface area contributed by atoms with E-state index in [2.05, 4.69) is 16.4 Å². The van der Waals surface area contributed by atoms with Crippen molar-refractivity contribution in [2.45, 2.75) is 58.6 Å². The highest BCUT2D eigenvalue weighted by Crippen LogP contribution is 2.28. The third-order valence-electron chi connectivity index (χ3n) is 3.99. The Morgan fingerprint density at radius 1 is 1.48 bits per heavy atom. The highest BCUT2D eigenvalue weighted by Gasteiger charge is 2.23. The number of rotatable bonds is 6. The van der Waals surface area contributed by atoms with Crippen molar-refractivity contribution in [2.24, 2.45) is 0 Å². The predicted octanol–water partition coefficient (Wildman–Crippen LogP) is 3.31. The van der Waals surface area contributed by atoms with E-state index in [9.17, 15) is 4.79 Å². The normalized spacial score (nSPS) is 17.0. The van der Waals surface area contributed by atoms with E-state index in [4.69, 9.17) is 4.74 Å². The lowest BCUT2D eigenvalue weighted by Crippen LogP contribution is -2.38. The van der Waals surface area contributed by atoms with Crippen LogP contribution in [0.3, 0.4) is 0 Å². The molecule has 0 bridgehead atoms. The zero-order chi connectivity index (χ0) is 16.9. The average molecular weight is 319 g/mol. The van der Waals surface area contributed by atoms with Gasteiger partial charge in [-0.2, -0.15) is 0 Å². The van der Waals surface area contributed by atoms with Crippen molar-refractivity contribution in [3.05, 3.63) is 29.6 Å². The largest absolute Gasteiger partial charge is 0.444 e. The number of fused-ring (bicyclic) bond motifs is 1. The first-order chi connectivity index (χ1) is 10.9. The molecule has 1 N–H and O–H groups in total. The molecule has 128 valence electrons. The molecule has 0 radical (unpaired) electrons. The number of pyridine rings is 1. The number of aryl methyl sites for hydroxylation is 1. The van der Waals surface area contributed by atoms with Crippen molar-refractivity contribution >= 4 is 6.09 Å². The SMILES string of the molecule is CCN(CCCNC1CCc2cccnc21)C(=O)OC(C)(C)C. The minimum Gasteiger partial charge on any atom is -0.444 e. The van der Waals surface area contributed by atoms with E-state index in [0.717, 1.165) is 25.8 Å². The maximum absolute atomic E-state index is 12.1. The summed E-state index contributed by atoms with van der Waals surface area (Å²) >= 11 is 0. The van der Waals surface area contributed by atoms with Gasteiger partial charge in [0.05, 0.1) is 11.7 Å². The molecule has 0 saturated carbocycles. The van der Waals surface area contributed by atoms with Crippen molar-refractivity contribution < 1.29 is 9.53 Å². The number of amides is 1. The monoisotopic (exact) mass is 319 g/mol. The second-order valence-electron chi connectivity index (χ2n) is 7.01. The fourth-order valence-corrected chi connectivity index (χ4v) is 2.86. The standard InChI is InChI=1S/C18H29N3O2/c1-5-21(17(22)23-18(2,3)4)13-7-12-19-15-10-9-14-8-6-11-20-16(14)15/h6,8,11,15,19H,5,7,9-10,12-13H2,1-4H3. The quantitative estimate of drug-likeness (QED) is 0.817. The molecule has 1 unspecified atom stereocenters. The van der Waals surface area contributed by atoms with Crippen LogP contribution in [0.2, 0.25) is 0 Å². The number of carbonyl (C=O) groups excluding carboxylic acids is 1. The molecule has 23 heavy (non-hydrogen) atoms. The summed E-state index contributed by atoms with van der Waals surface area (Å²) < 4.78 is 5.42. The summed E-state index contributed by atoms with van der Waals surface area (Å²) in [4.78, 5) is 18.3. The molecule has 0 saturated heterocycles. The summed E-state index contributed by atoms with van der Waals surface area (Å²) in [6, 6.07) is 4.51. The van der Waals surface area contributed by atoms with E-state index in [1.165, 1.54) is 11.3 Å². The van der Waals surface area contributed by atoms with Crippen LogP contribution >= 0.6 is 0 Å². The summed E-state index contributed by atoms with van der Waals surface area (Å²) in [6.07, 6.45) is 4.75. The Labute approximate surface area is 139 Å². The Morgan fingerprint density at radius 3 is 2.96 bits per heavy atom. The lowest BCUT2D eigenvalue weighted by molar-refractivity contribution is 0.0258. The first-order valence-corrected chi connectivity index (χ1v) is 8.56. The van der Waals surface area contributed by atoms with Crippen molar-refractivity contribution in [3.63, 3.8) is 0 Å². The van der Waals surface area contributed by atoms with E-state index in [-0.39, 0.29) is 6.09 Å². The number of nitrogens with zero attached hydrogens (tertiary/aromatic N) is 2. The number of nitrogens with one attached hydrogen (secondary N) is 1. The molecule has 1 heterocycles. The molecule has 5 nitrogen and oxygen atoms in total. The van der Waals surface area contributed by atoms with Gasteiger partial charge in [-0.05, 0) is 65.1 Å². The topological polar surface area (TPSA) is 54.5 Å². The first-order valence-electron chi connectivity index (χ1n) is 8.56. The van der Waals surface area contributed by atoms with Gasteiger partial charge in [0, 0.05) is 19.3 Å². The maximum atomic E-state index is 12.1. The fourth-order valence-electron chi connectivity index (χ4n) is 2.86. The lowest BCUT2D eigenvalue weighted by Gasteiger charge is -2.26. The van der Waals surface area contributed by atoms with Crippen LogP contribution in [-0.2, 0) is 11.2 Å². The maximum Gasteiger partial charge on any atom is 0.410 e. The van der Waals surface area contributed by atoms with Crippen LogP contribution in [-0.4, -0.2) is 41.2 Å². The predicted molar refractivity (Wildman–Crippen MR) is 91.4 cm³/mol. The number of hydrogen-bond acceptors (Lipinski definition) is 4. The van der Waals surface area contributed by atoms with Crippen LogP contribution in [0.25, 0.3) is 0 Å². The van der Waals surface area contributed by atoms with Gasteiger partial charge in [-0.3, -0.25) is 4.98 Å². The van der Waals surface area contributed by atoms with Gasteiger partial charge in [0.1, 0.15) is 5.60 Å². The molecule has 0 aromatic carbocycles. The Morgan fingerprint density at radius 2 is 2.26 bits per heavy atom. The molecule has 0 fully saturated rings. The van der Waals surface area contributed by atoms with Crippen molar-refractivity contribution in [3.8, 4) is 0 Å². The van der Waals surface area contributed by atoms with Crippen LogP contribution in [0.5, 0.6) is 0 Å². The summed E-state index contributed by atoms with van der Waals surface area (Å²) in [7, 11) is 0. The molecule has 1 aliphatic rings. The Bertz CT molecular complexity index is 525. The highest BCUT2D eigenvalue weighted by atomic mass is 16.6. The van der Waals surface area contributed by atoms with Gasteiger partial charge in [-0.1, -0.05) is 6.07 Å². The highest BCUT2D eigenvalue weighted by molar-refractivity contribution is 5.68. The minimum atomic E-state index is -0.442. The summed E-state index contributed by atoms with van der Waals surface area (Å²) in [5.41, 5.74) is 2.10. The van der Waals surface area contributed by atoms with Gasteiger partial charge in [0.25, 0.3) is 0 Å². The molecular weight excluding hydrogens is 290 g/mol. The van der Waals surface area contributed by atoms with Crippen molar-refractivity contribution in [2.75, 3.05) is 19.6 Å². The third-order valence-corrected chi connectivity index (χ3v) is 3.99. The Hall–Kier alpha value is -1.62. The van der Waals surface area contributed by atoms with Crippen LogP contribution in [0, 0.1) is 0 Å². The zero-order valence-electron chi connectivity index (χ0n) is 14.8. The first kappa shape index (κ1) is 17.7. The molecule has 1 amide bonds. The van der Waals surface area contributed by atoms with Crippen LogP contribution in [0.1, 0.15) is 57.8 Å².